The zero-order valence-electron chi connectivity index (χ0n) is 8.81. The van der Waals surface area contributed by atoms with Gasteiger partial charge in [0.25, 0.3) is 0 Å². The Morgan fingerprint density at radius 1 is 1.33 bits per heavy atom. The van der Waals surface area contributed by atoms with Crippen molar-refractivity contribution in [2.75, 3.05) is 27.4 Å². The van der Waals surface area contributed by atoms with Crippen LogP contribution in [0.2, 0.25) is 0 Å². The molecule has 0 bridgehead atoms. The Morgan fingerprint density at radius 3 is 2.33 bits per heavy atom. The summed E-state index contributed by atoms with van der Waals surface area (Å²) >= 11 is 0. The largest absolute Gasteiger partial charge is 0.383 e. The quantitative estimate of drug-likeness (QED) is 0.654. The molecule has 74 valence electrons. The van der Waals surface area contributed by atoms with Crippen molar-refractivity contribution in [2.24, 2.45) is 0 Å². The normalized spacial score (nSPS) is 14.8. The second kappa shape index (κ2) is 5.51. The molecule has 1 unspecified atom stereocenters. The molecule has 0 aliphatic carbocycles. The van der Waals surface area contributed by atoms with Crippen LogP contribution in [0, 0.1) is 0 Å². The molecule has 1 N–H and O–H groups in total. The van der Waals surface area contributed by atoms with E-state index in [2.05, 4.69) is 19.2 Å². The van der Waals surface area contributed by atoms with Crippen molar-refractivity contribution in [3.8, 4) is 0 Å². The molecule has 0 fully saturated rings. The van der Waals surface area contributed by atoms with Gasteiger partial charge in [0.1, 0.15) is 0 Å². The molecule has 0 aromatic heterocycles. The molecular weight excluding hydrogens is 154 g/mol. The Hall–Kier alpha value is -0.120. The van der Waals surface area contributed by atoms with Gasteiger partial charge in [-0.05, 0) is 20.8 Å². The van der Waals surface area contributed by atoms with Crippen LogP contribution in [-0.4, -0.2) is 39.0 Å². The van der Waals surface area contributed by atoms with E-state index in [1.807, 2.05) is 6.92 Å². The summed E-state index contributed by atoms with van der Waals surface area (Å²) in [6.07, 6.45) is 0.251. The molecule has 0 rings (SSSR count). The maximum absolute atomic E-state index is 5.12. The third-order valence-electron chi connectivity index (χ3n) is 1.78. The summed E-state index contributed by atoms with van der Waals surface area (Å²) in [5, 5.41) is 3.36. The lowest BCUT2D eigenvalue weighted by Crippen LogP contribution is -2.46. The minimum absolute atomic E-state index is 0.0293. The molecule has 0 radical (unpaired) electrons. The van der Waals surface area contributed by atoms with Crippen molar-refractivity contribution in [1.29, 1.82) is 0 Å². The van der Waals surface area contributed by atoms with E-state index < -0.39 is 0 Å². The number of nitrogens with one attached hydrogen (secondary N) is 1. The molecule has 1 atom stereocenters. The lowest BCUT2D eigenvalue weighted by molar-refractivity contribution is 0.0879. The zero-order valence-corrected chi connectivity index (χ0v) is 8.81. The van der Waals surface area contributed by atoms with Gasteiger partial charge in [-0.1, -0.05) is 0 Å². The smallest absolute Gasteiger partial charge is 0.0667 e. The van der Waals surface area contributed by atoms with Crippen LogP contribution in [0.4, 0.5) is 0 Å². The van der Waals surface area contributed by atoms with Crippen LogP contribution in [0.3, 0.4) is 0 Å². The van der Waals surface area contributed by atoms with Crippen molar-refractivity contribution in [1.82, 2.24) is 5.32 Å². The molecule has 0 amide bonds. The second-order valence-electron chi connectivity index (χ2n) is 3.74. The van der Waals surface area contributed by atoms with Crippen LogP contribution < -0.4 is 5.32 Å². The Kier molecular flexibility index (Phi) is 5.46. The molecule has 3 heteroatoms. The van der Waals surface area contributed by atoms with Crippen LogP contribution in [0.5, 0.6) is 0 Å². The minimum atomic E-state index is 0.0293. The summed E-state index contributed by atoms with van der Waals surface area (Å²) in [5.41, 5.74) is 0.0293. The third-order valence-corrected chi connectivity index (χ3v) is 1.78. The van der Waals surface area contributed by atoms with Gasteiger partial charge in [-0.25, -0.2) is 0 Å². The highest BCUT2D eigenvalue weighted by Crippen LogP contribution is 2.02. The Labute approximate surface area is 75.4 Å². The van der Waals surface area contributed by atoms with Gasteiger partial charge in [0.2, 0.25) is 0 Å². The van der Waals surface area contributed by atoms with Gasteiger partial charge in [0.15, 0.2) is 0 Å². The first-order valence-electron chi connectivity index (χ1n) is 4.28. The molecular formula is C9H21NO2. The Bertz CT molecular complexity index is 115. The van der Waals surface area contributed by atoms with Crippen molar-refractivity contribution in [2.45, 2.75) is 32.4 Å². The SMILES string of the molecule is COCC(C)(C)NCC(C)OC. The highest BCUT2D eigenvalue weighted by Gasteiger charge is 2.16. The number of hydrogen-bond acceptors (Lipinski definition) is 3. The first kappa shape index (κ1) is 11.9. The van der Waals surface area contributed by atoms with E-state index in [1.54, 1.807) is 14.2 Å². The lowest BCUT2D eigenvalue weighted by Gasteiger charge is -2.26. The van der Waals surface area contributed by atoms with Crippen molar-refractivity contribution in [3.63, 3.8) is 0 Å². The number of ether oxygens (including phenoxy) is 2. The Balaban J connectivity index is 3.59. The summed E-state index contributed by atoms with van der Waals surface area (Å²) in [4.78, 5) is 0. The maximum Gasteiger partial charge on any atom is 0.0667 e. The summed E-state index contributed by atoms with van der Waals surface area (Å²) in [5.74, 6) is 0. The number of hydrogen-bond donors (Lipinski definition) is 1. The van der Waals surface area contributed by atoms with E-state index in [9.17, 15) is 0 Å². The van der Waals surface area contributed by atoms with E-state index >= 15 is 0 Å². The lowest BCUT2D eigenvalue weighted by atomic mass is 10.1. The standard InChI is InChI=1S/C9H21NO2/c1-8(12-5)6-10-9(2,3)7-11-4/h8,10H,6-7H2,1-5H3. The summed E-state index contributed by atoms with van der Waals surface area (Å²) in [6, 6.07) is 0. The van der Waals surface area contributed by atoms with Crippen molar-refractivity contribution < 1.29 is 9.47 Å². The predicted molar refractivity (Wildman–Crippen MR) is 50.4 cm³/mol. The van der Waals surface area contributed by atoms with Crippen LogP contribution in [0.1, 0.15) is 20.8 Å². The predicted octanol–water partition coefficient (Wildman–Crippen LogP) is 1.04. The number of rotatable bonds is 6. The van der Waals surface area contributed by atoms with Gasteiger partial charge in [-0.15, -0.1) is 0 Å². The monoisotopic (exact) mass is 175 g/mol. The van der Waals surface area contributed by atoms with Crippen LogP contribution in [0.15, 0.2) is 0 Å². The van der Waals surface area contributed by atoms with Gasteiger partial charge >= 0.3 is 0 Å². The van der Waals surface area contributed by atoms with Gasteiger partial charge in [-0.2, -0.15) is 0 Å². The minimum Gasteiger partial charge on any atom is -0.383 e. The average Bonchev–Trinajstić information content (AvgIpc) is 2.00. The van der Waals surface area contributed by atoms with Gasteiger partial charge in [-0.3, -0.25) is 0 Å². The average molecular weight is 175 g/mol. The van der Waals surface area contributed by atoms with Crippen LogP contribution >= 0.6 is 0 Å². The summed E-state index contributed by atoms with van der Waals surface area (Å²) < 4.78 is 10.2. The van der Waals surface area contributed by atoms with E-state index in [1.165, 1.54) is 0 Å². The van der Waals surface area contributed by atoms with Crippen LogP contribution in [0.25, 0.3) is 0 Å². The molecule has 0 aromatic carbocycles. The van der Waals surface area contributed by atoms with E-state index in [4.69, 9.17) is 9.47 Å². The molecule has 0 saturated carbocycles. The summed E-state index contributed by atoms with van der Waals surface area (Å²) in [6.45, 7) is 7.82. The van der Waals surface area contributed by atoms with E-state index in [0.29, 0.717) is 6.61 Å². The summed E-state index contributed by atoms with van der Waals surface area (Å²) in [7, 11) is 3.43. The maximum atomic E-state index is 5.12. The second-order valence-corrected chi connectivity index (χ2v) is 3.74. The first-order valence-corrected chi connectivity index (χ1v) is 4.28. The van der Waals surface area contributed by atoms with E-state index in [-0.39, 0.29) is 11.6 Å². The topological polar surface area (TPSA) is 30.5 Å². The van der Waals surface area contributed by atoms with Gasteiger partial charge < -0.3 is 14.8 Å². The molecule has 0 heterocycles. The molecule has 0 aliphatic heterocycles. The first-order chi connectivity index (χ1) is 5.52. The Morgan fingerprint density at radius 2 is 1.92 bits per heavy atom. The fourth-order valence-electron chi connectivity index (χ4n) is 0.915. The highest BCUT2D eigenvalue weighted by molar-refractivity contribution is 4.77. The fourth-order valence-corrected chi connectivity index (χ4v) is 0.915. The third kappa shape index (κ3) is 5.52. The van der Waals surface area contributed by atoms with Gasteiger partial charge in [0, 0.05) is 26.3 Å². The molecule has 3 nitrogen and oxygen atoms in total. The molecule has 0 saturated heterocycles. The molecule has 0 aromatic rings. The highest BCUT2D eigenvalue weighted by atomic mass is 16.5. The number of methoxy groups -OCH3 is 2. The van der Waals surface area contributed by atoms with Crippen molar-refractivity contribution in [3.05, 3.63) is 0 Å². The zero-order chi connectivity index (χ0) is 9.61. The van der Waals surface area contributed by atoms with E-state index in [0.717, 1.165) is 6.54 Å². The van der Waals surface area contributed by atoms with Gasteiger partial charge in [0.05, 0.1) is 12.7 Å². The molecule has 12 heavy (non-hydrogen) atoms. The van der Waals surface area contributed by atoms with Crippen molar-refractivity contribution >= 4 is 0 Å². The molecule has 0 spiro atoms. The fraction of sp³-hybridized carbons (Fsp3) is 1.00. The van der Waals surface area contributed by atoms with Crippen LogP contribution in [-0.2, 0) is 9.47 Å². The molecule has 0 aliphatic rings.